The SMILES string of the molecule is CNCC(O)COc1ccc(C(F)(F)F)c(-c2nc(NC3CCN(C(=O)OC)CC3)c(C)c(-c3c(C)noc3C)n2)c1. The summed E-state index contributed by atoms with van der Waals surface area (Å²) in [6, 6.07) is 3.25. The van der Waals surface area contributed by atoms with Crippen LogP contribution in [-0.2, 0) is 10.9 Å². The number of aliphatic hydroxyl groups excluding tert-OH is 1. The summed E-state index contributed by atoms with van der Waals surface area (Å²) in [6.45, 7) is 6.26. The summed E-state index contributed by atoms with van der Waals surface area (Å²) in [5.74, 6) is 0.777. The van der Waals surface area contributed by atoms with Crippen molar-refractivity contribution < 1.29 is 37.1 Å². The predicted molar refractivity (Wildman–Crippen MR) is 148 cm³/mol. The fraction of sp³-hybridized carbons (Fsp3) is 0.500. The molecule has 1 aliphatic rings. The number of methoxy groups -OCH3 is 1. The zero-order valence-electron chi connectivity index (χ0n) is 24.1. The van der Waals surface area contributed by atoms with Crippen LogP contribution < -0.4 is 15.4 Å². The maximum Gasteiger partial charge on any atom is 0.417 e. The minimum absolute atomic E-state index is 0.102. The molecule has 1 unspecified atom stereocenters. The van der Waals surface area contributed by atoms with Gasteiger partial charge in [0.1, 0.15) is 30.0 Å². The lowest BCUT2D eigenvalue weighted by molar-refractivity contribution is -0.137. The van der Waals surface area contributed by atoms with Gasteiger partial charge in [-0.15, -0.1) is 0 Å². The molecule has 0 aliphatic carbocycles. The van der Waals surface area contributed by atoms with E-state index >= 15 is 0 Å². The Balaban J connectivity index is 1.79. The summed E-state index contributed by atoms with van der Waals surface area (Å²) in [7, 11) is 2.99. The highest BCUT2D eigenvalue weighted by atomic mass is 19.4. The van der Waals surface area contributed by atoms with Gasteiger partial charge >= 0.3 is 12.3 Å². The summed E-state index contributed by atoms with van der Waals surface area (Å²) in [4.78, 5) is 22.7. The number of amides is 1. The van der Waals surface area contributed by atoms with Gasteiger partial charge in [-0.1, -0.05) is 5.16 Å². The Morgan fingerprint density at radius 1 is 1.21 bits per heavy atom. The molecule has 11 nitrogen and oxygen atoms in total. The normalized spacial score (nSPS) is 15.0. The average Bonchev–Trinajstić information content (AvgIpc) is 3.29. The molecule has 42 heavy (non-hydrogen) atoms. The lowest BCUT2D eigenvalue weighted by Gasteiger charge is -2.32. The van der Waals surface area contributed by atoms with Crippen LogP contribution in [0.3, 0.4) is 0 Å². The Kier molecular flexibility index (Phi) is 9.57. The minimum atomic E-state index is -4.70. The van der Waals surface area contributed by atoms with Crippen LogP contribution in [0.15, 0.2) is 22.7 Å². The third kappa shape index (κ3) is 6.93. The lowest BCUT2D eigenvalue weighted by atomic mass is 10.0. The molecule has 0 radical (unpaired) electrons. The smallest absolute Gasteiger partial charge is 0.417 e. The van der Waals surface area contributed by atoms with Crippen LogP contribution in [0, 0.1) is 20.8 Å². The second-order valence-electron chi connectivity index (χ2n) is 10.2. The molecule has 1 saturated heterocycles. The molecule has 1 amide bonds. The quantitative estimate of drug-likeness (QED) is 0.329. The fourth-order valence-electron chi connectivity index (χ4n) is 4.90. The number of aryl methyl sites for hydroxylation is 2. The first kappa shape index (κ1) is 31.0. The highest BCUT2D eigenvalue weighted by Crippen LogP contribution is 2.40. The van der Waals surface area contributed by atoms with Crippen molar-refractivity contribution in [2.75, 3.05) is 45.7 Å². The number of rotatable bonds is 9. The van der Waals surface area contributed by atoms with Gasteiger partial charge in [0.2, 0.25) is 0 Å². The zero-order chi connectivity index (χ0) is 30.6. The number of aliphatic hydroxyl groups is 1. The van der Waals surface area contributed by atoms with E-state index in [0.29, 0.717) is 60.0 Å². The van der Waals surface area contributed by atoms with Crippen LogP contribution in [0.5, 0.6) is 5.75 Å². The Hall–Kier alpha value is -3.91. The largest absolute Gasteiger partial charge is 0.491 e. The number of hydrogen-bond acceptors (Lipinski definition) is 10. The molecule has 3 aromatic rings. The molecular weight excluding hydrogens is 557 g/mol. The molecule has 3 heterocycles. The molecule has 1 fully saturated rings. The predicted octanol–water partition coefficient (Wildman–Crippen LogP) is 4.34. The number of benzene rings is 1. The Bertz CT molecular complexity index is 1390. The van der Waals surface area contributed by atoms with Gasteiger partial charge < -0.3 is 34.6 Å². The van der Waals surface area contributed by atoms with Crippen LogP contribution in [0.4, 0.5) is 23.8 Å². The maximum atomic E-state index is 14.2. The number of carbonyl (C=O) groups excluding carboxylic acids is 1. The highest BCUT2D eigenvalue weighted by Gasteiger charge is 2.35. The van der Waals surface area contributed by atoms with E-state index in [1.54, 1.807) is 32.7 Å². The molecule has 4 rings (SSSR count). The number of nitrogens with zero attached hydrogens (tertiary/aromatic N) is 4. The molecule has 1 atom stereocenters. The second-order valence-corrected chi connectivity index (χ2v) is 10.2. The number of halogens is 3. The molecule has 228 valence electrons. The molecule has 0 spiro atoms. The third-order valence-corrected chi connectivity index (χ3v) is 7.10. The summed E-state index contributed by atoms with van der Waals surface area (Å²) in [5, 5.41) is 20.2. The van der Waals surface area contributed by atoms with Gasteiger partial charge in [-0.2, -0.15) is 13.2 Å². The minimum Gasteiger partial charge on any atom is -0.491 e. The van der Waals surface area contributed by atoms with Gasteiger partial charge in [-0.05, 0) is 58.9 Å². The number of carbonyl (C=O) groups is 1. The molecule has 14 heteroatoms. The first-order chi connectivity index (χ1) is 19.9. The number of hydrogen-bond donors (Lipinski definition) is 3. The Morgan fingerprint density at radius 2 is 1.93 bits per heavy atom. The van der Waals surface area contributed by atoms with Crippen molar-refractivity contribution in [1.82, 2.24) is 25.3 Å². The first-order valence-electron chi connectivity index (χ1n) is 13.5. The van der Waals surface area contributed by atoms with Crippen molar-refractivity contribution in [3.8, 4) is 28.4 Å². The summed E-state index contributed by atoms with van der Waals surface area (Å²) in [6.07, 6.45) is -4.80. The van der Waals surface area contributed by atoms with Crippen molar-refractivity contribution in [2.45, 2.75) is 51.9 Å². The molecule has 2 aromatic heterocycles. The van der Waals surface area contributed by atoms with Gasteiger partial charge in [0.25, 0.3) is 0 Å². The number of alkyl halides is 3. The number of piperidine rings is 1. The molecule has 3 N–H and O–H groups in total. The van der Waals surface area contributed by atoms with Crippen LogP contribution in [0.1, 0.15) is 35.4 Å². The van der Waals surface area contributed by atoms with Crippen molar-refractivity contribution in [1.29, 1.82) is 0 Å². The van der Waals surface area contributed by atoms with E-state index in [0.717, 1.165) is 6.07 Å². The lowest BCUT2D eigenvalue weighted by Crippen LogP contribution is -2.42. The highest BCUT2D eigenvalue weighted by molar-refractivity contribution is 5.76. The van der Waals surface area contributed by atoms with E-state index in [-0.39, 0.29) is 36.3 Å². The van der Waals surface area contributed by atoms with Crippen molar-refractivity contribution >= 4 is 11.9 Å². The number of ether oxygens (including phenoxy) is 2. The van der Waals surface area contributed by atoms with Gasteiger partial charge in [-0.25, -0.2) is 14.8 Å². The van der Waals surface area contributed by atoms with Crippen LogP contribution in [0.2, 0.25) is 0 Å². The second kappa shape index (κ2) is 12.9. The number of aromatic nitrogens is 3. The van der Waals surface area contributed by atoms with E-state index in [9.17, 15) is 23.1 Å². The molecule has 1 aliphatic heterocycles. The van der Waals surface area contributed by atoms with Crippen LogP contribution in [0.25, 0.3) is 22.6 Å². The molecular formula is C28H35F3N6O5. The summed E-state index contributed by atoms with van der Waals surface area (Å²) < 4.78 is 58.5. The van der Waals surface area contributed by atoms with Crippen LogP contribution >= 0.6 is 0 Å². The van der Waals surface area contributed by atoms with E-state index in [1.807, 2.05) is 0 Å². The molecule has 0 bridgehead atoms. The van der Waals surface area contributed by atoms with E-state index < -0.39 is 23.9 Å². The topological polar surface area (TPSA) is 135 Å². The van der Waals surface area contributed by atoms with E-state index in [2.05, 4.69) is 25.8 Å². The van der Waals surface area contributed by atoms with Gasteiger partial charge in [0, 0.05) is 36.8 Å². The Morgan fingerprint density at radius 3 is 2.52 bits per heavy atom. The molecule has 0 saturated carbocycles. The fourth-order valence-corrected chi connectivity index (χ4v) is 4.90. The van der Waals surface area contributed by atoms with Gasteiger partial charge in [0.05, 0.1) is 29.6 Å². The van der Waals surface area contributed by atoms with Crippen molar-refractivity contribution in [3.63, 3.8) is 0 Å². The van der Waals surface area contributed by atoms with E-state index in [4.69, 9.17) is 14.0 Å². The number of likely N-dealkylation sites (tertiary alicyclic amines) is 1. The summed E-state index contributed by atoms with van der Waals surface area (Å²) >= 11 is 0. The first-order valence-corrected chi connectivity index (χ1v) is 13.5. The number of likely N-dealkylation sites (N-methyl/N-ethyl adjacent to an activating group) is 1. The summed E-state index contributed by atoms with van der Waals surface area (Å²) in [5.41, 5.74) is 0.880. The van der Waals surface area contributed by atoms with Gasteiger partial charge in [0.15, 0.2) is 5.82 Å². The van der Waals surface area contributed by atoms with Gasteiger partial charge in [-0.3, -0.25) is 0 Å². The van der Waals surface area contributed by atoms with Crippen molar-refractivity contribution in [3.05, 3.63) is 40.8 Å². The molecule has 1 aromatic carbocycles. The van der Waals surface area contributed by atoms with E-state index in [1.165, 1.54) is 19.2 Å². The Labute approximate surface area is 241 Å². The monoisotopic (exact) mass is 592 g/mol. The number of nitrogens with one attached hydrogen (secondary N) is 2. The third-order valence-electron chi connectivity index (χ3n) is 7.10. The van der Waals surface area contributed by atoms with Crippen molar-refractivity contribution in [2.24, 2.45) is 0 Å². The van der Waals surface area contributed by atoms with Crippen LogP contribution in [-0.4, -0.2) is 83.8 Å². The zero-order valence-corrected chi connectivity index (χ0v) is 24.1. The average molecular weight is 593 g/mol. The number of anilines is 1. The standard InChI is InChI=1S/C28H35F3N6O5/c1-15-24(23-16(2)36-42-17(23)3)34-26(35-25(15)33-18-8-10-37(11-9-18)27(39)40-5)21-12-20(41-14-19(38)13-32-4)6-7-22(21)28(29,30)31/h6-7,12,18-19,32,38H,8-11,13-14H2,1-5H3,(H,33,34,35). The maximum absolute atomic E-state index is 14.2.